The summed E-state index contributed by atoms with van der Waals surface area (Å²) in [6.07, 6.45) is 7.22. The van der Waals surface area contributed by atoms with Gasteiger partial charge in [0.2, 0.25) is 5.91 Å². The largest absolute Gasteiger partial charge is 0.388 e. The summed E-state index contributed by atoms with van der Waals surface area (Å²) in [5.74, 6) is 0.341. The zero-order valence-corrected chi connectivity index (χ0v) is 19.2. The summed E-state index contributed by atoms with van der Waals surface area (Å²) in [5, 5.41) is 11.2. The summed E-state index contributed by atoms with van der Waals surface area (Å²) in [6, 6.07) is 20.1. The molecule has 0 aromatic heterocycles. The molecule has 5 nitrogen and oxygen atoms in total. The fourth-order valence-electron chi connectivity index (χ4n) is 4.35. The fourth-order valence-corrected chi connectivity index (χ4v) is 4.54. The number of carbonyl (C=O) groups is 1. The lowest BCUT2D eigenvalue weighted by Crippen LogP contribution is -2.51. The Bertz CT molecular complexity index is 969. The van der Waals surface area contributed by atoms with Crippen molar-refractivity contribution in [1.82, 2.24) is 14.2 Å². The quantitative estimate of drug-likeness (QED) is 0.642. The van der Waals surface area contributed by atoms with Gasteiger partial charge in [0.15, 0.2) is 0 Å². The van der Waals surface area contributed by atoms with E-state index in [-0.39, 0.29) is 11.8 Å². The van der Waals surface area contributed by atoms with Crippen molar-refractivity contribution in [3.63, 3.8) is 0 Å². The van der Waals surface area contributed by atoms with Crippen molar-refractivity contribution in [3.05, 3.63) is 90.4 Å². The van der Waals surface area contributed by atoms with Gasteiger partial charge in [-0.3, -0.25) is 9.21 Å². The van der Waals surface area contributed by atoms with Gasteiger partial charge in [-0.25, -0.2) is 0 Å². The van der Waals surface area contributed by atoms with Gasteiger partial charge in [0, 0.05) is 55.5 Å². The Hall–Kier alpha value is -2.76. The Morgan fingerprint density at radius 1 is 1.03 bits per heavy atom. The topological polar surface area (TPSA) is 47.0 Å². The highest BCUT2D eigenvalue weighted by Crippen LogP contribution is 2.30. The highest BCUT2D eigenvalue weighted by atomic mass is 35.5. The van der Waals surface area contributed by atoms with Gasteiger partial charge in [0.25, 0.3) is 0 Å². The summed E-state index contributed by atoms with van der Waals surface area (Å²) in [6.45, 7) is 3.70. The fraction of sp³-hybridized carbons (Fsp3) is 0.346. The molecule has 1 amide bonds. The van der Waals surface area contributed by atoms with E-state index in [1.807, 2.05) is 70.7 Å². The molecule has 0 bridgehead atoms. The van der Waals surface area contributed by atoms with Gasteiger partial charge in [0.05, 0.1) is 17.8 Å². The number of amides is 1. The van der Waals surface area contributed by atoms with E-state index in [1.54, 1.807) is 10.6 Å². The van der Waals surface area contributed by atoms with Crippen LogP contribution >= 0.6 is 11.8 Å². The number of hydrogen-bond acceptors (Lipinski definition) is 4. The number of likely N-dealkylation sites (tertiary alicyclic amines) is 1. The number of rotatable bonds is 6. The molecule has 1 N–H and O–H groups in total. The van der Waals surface area contributed by atoms with Gasteiger partial charge < -0.3 is 14.9 Å². The lowest BCUT2D eigenvalue weighted by Gasteiger charge is -2.41. The van der Waals surface area contributed by atoms with Crippen LogP contribution in [-0.2, 0) is 4.79 Å². The molecule has 2 aromatic carbocycles. The van der Waals surface area contributed by atoms with Crippen molar-refractivity contribution in [1.29, 1.82) is 0 Å². The van der Waals surface area contributed by atoms with E-state index in [4.69, 9.17) is 11.8 Å². The Morgan fingerprint density at radius 3 is 2.31 bits per heavy atom. The number of aliphatic hydroxyl groups is 1. The first-order chi connectivity index (χ1) is 15.4. The van der Waals surface area contributed by atoms with E-state index in [0.717, 1.165) is 11.3 Å². The van der Waals surface area contributed by atoms with Gasteiger partial charge in [0.1, 0.15) is 0 Å². The summed E-state index contributed by atoms with van der Waals surface area (Å²) in [5.41, 5.74) is 2.21. The summed E-state index contributed by atoms with van der Waals surface area (Å²) in [4.78, 5) is 16.7. The molecule has 2 aliphatic rings. The van der Waals surface area contributed by atoms with Crippen LogP contribution in [0, 0.1) is 0 Å². The van der Waals surface area contributed by atoms with E-state index >= 15 is 0 Å². The maximum Gasteiger partial charge on any atom is 0.223 e. The molecule has 2 aromatic rings. The first-order valence-electron chi connectivity index (χ1n) is 11.1. The third kappa shape index (κ3) is 5.34. The Labute approximate surface area is 195 Å². The molecular weight excluding hydrogens is 422 g/mol. The standard InChI is InChI=1S/C26H30ClN3O2/c1-21(22-8-4-2-5-9-22)18-25(31)29-14-12-26(32,13-15-29)20-28-16-17-30(27)24(19-28)23-10-6-3-7-11-23/h2-11,16-17,19,21,32H,12-15,18,20H2,1H3/t21-/m1/s1. The molecule has 2 aliphatic heterocycles. The van der Waals surface area contributed by atoms with Gasteiger partial charge in [-0.05, 0) is 24.3 Å². The van der Waals surface area contributed by atoms with Crippen molar-refractivity contribution in [2.45, 2.75) is 37.7 Å². The first kappa shape index (κ1) is 22.4. The monoisotopic (exact) mass is 451 g/mol. The normalized spacial score (nSPS) is 19.0. The molecule has 1 saturated heterocycles. The molecule has 2 heterocycles. The molecule has 4 rings (SSSR count). The van der Waals surface area contributed by atoms with Crippen LogP contribution in [0.4, 0.5) is 0 Å². The number of piperidine rings is 1. The van der Waals surface area contributed by atoms with E-state index < -0.39 is 5.60 Å². The van der Waals surface area contributed by atoms with Crippen LogP contribution in [0.1, 0.15) is 43.2 Å². The first-order valence-corrected chi connectivity index (χ1v) is 11.5. The van der Waals surface area contributed by atoms with Crippen LogP contribution < -0.4 is 0 Å². The highest BCUT2D eigenvalue weighted by Gasteiger charge is 2.35. The minimum absolute atomic E-state index is 0.158. The number of halogens is 1. The van der Waals surface area contributed by atoms with Crippen LogP contribution in [0.2, 0.25) is 0 Å². The average Bonchev–Trinajstić information content (AvgIpc) is 2.81. The molecule has 1 fully saturated rings. The van der Waals surface area contributed by atoms with Crippen LogP contribution in [0.5, 0.6) is 0 Å². The Balaban J connectivity index is 1.33. The summed E-state index contributed by atoms with van der Waals surface area (Å²) < 4.78 is 1.56. The molecule has 0 radical (unpaired) electrons. The third-order valence-electron chi connectivity index (χ3n) is 6.35. The SMILES string of the molecule is C[C@H](CC(=O)N1CCC(O)(CN2C=CN(Cl)C(c3ccccc3)=C2)CC1)c1ccccc1. The zero-order valence-electron chi connectivity index (χ0n) is 18.4. The number of carbonyl (C=O) groups excluding carboxylic acids is 1. The lowest BCUT2D eigenvalue weighted by atomic mass is 9.90. The molecule has 1 atom stereocenters. The molecule has 168 valence electrons. The predicted octanol–water partition coefficient (Wildman–Crippen LogP) is 4.77. The second kappa shape index (κ2) is 9.80. The van der Waals surface area contributed by atoms with Crippen LogP contribution in [0.3, 0.4) is 0 Å². The van der Waals surface area contributed by atoms with Crippen molar-refractivity contribution in [2.75, 3.05) is 19.6 Å². The molecular formula is C26H30ClN3O2. The molecule has 0 unspecified atom stereocenters. The second-order valence-corrected chi connectivity index (χ2v) is 9.15. The molecule has 6 heteroatoms. The lowest BCUT2D eigenvalue weighted by molar-refractivity contribution is -0.136. The molecule has 0 spiro atoms. The maximum atomic E-state index is 12.8. The summed E-state index contributed by atoms with van der Waals surface area (Å²) in [7, 11) is 0. The third-order valence-corrected chi connectivity index (χ3v) is 6.64. The second-order valence-electron chi connectivity index (χ2n) is 8.78. The van der Waals surface area contributed by atoms with Crippen molar-refractivity contribution < 1.29 is 9.90 Å². The van der Waals surface area contributed by atoms with Gasteiger partial charge >= 0.3 is 0 Å². The Kier molecular flexibility index (Phi) is 6.87. The highest BCUT2D eigenvalue weighted by molar-refractivity contribution is 6.18. The number of benzene rings is 2. The molecule has 32 heavy (non-hydrogen) atoms. The molecule has 0 saturated carbocycles. The number of β-amino-alcohol motifs (C(OH)–C–C–N with tert-alkyl or cyclic N) is 1. The van der Waals surface area contributed by atoms with Gasteiger partial charge in [-0.15, -0.1) is 0 Å². The average molecular weight is 452 g/mol. The predicted molar refractivity (Wildman–Crippen MR) is 128 cm³/mol. The molecule has 0 aliphatic carbocycles. The minimum Gasteiger partial charge on any atom is -0.388 e. The van der Waals surface area contributed by atoms with E-state index in [1.165, 1.54) is 5.56 Å². The van der Waals surface area contributed by atoms with E-state index in [2.05, 4.69) is 19.1 Å². The van der Waals surface area contributed by atoms with Gasteiger partial charge in [-0.2, -0.15) is 0 Å². The Morgan fingerprint density at radius 2 is 1.66 bits per heavy atom. The smallest absolute Gasteiger partial charge is 0.223 e. The van der Waals surface area contributed by atoms with Crippen LogP contribution in [0.25, 0.3) is 5.70 Å². The van der Waals surface area contributed by atoms with Crippen molar-refractivity contribution in [2.24, 2.45) is 0 Å². The zero-order chi connectivity index (χ0) is 22.6. The summed E-state index contributed by atoms with van der Waals surface area (Å²) >= 11 is 6.34. The van der Waals surface area contributed by atoms with Crippen molar-refractivity contribution >= 4 is 23.4 Å². The van der Waals surface area contributed by atoms with E-state index in [9.17, 15) is 9.90 Å². The maximum absolute atomic E-state index is 12.8. The van der Waals surface area contributed by atoms with Crippen molar-refractivity contribution in [3.8, 4) is 0 Å². The minimum atomic E-state index is -0.848. The van der Waals surface area contributed by atoms with E-state index in [0.29, 0.717) is 38.9 Å². The number of hydrogen-bond donors (Lipinski definition) is 1. The van der Waals surface area contributed by atoms with Crippen LogP contribution in [0.15, 0.2) is 79.3 Å². The van der Waals surface area contributed by atoms with Crippen LogP contribution in [-0.4, -0.2) is 50.5 Å². The number of nitrogens with zero attached hydrogens (tertiary/aromatic N) is 3. The van der Waals surface area contributed by atoms with Gasteiger partial charge in [-0.1, -0.05) is 67.6 Å².